The average molecular weight is 803 g/mol. The van der Waals surface area contributed by atoms with E-state index in [0.29, 0.717) is 0 Å². The van der Waals surface area contributed by atoms with Gasteiger partial charge in [0.2, 0.25) is 0 Å². The first kappa shape index (κ1) is 34.6. The third-order valence-electron chi connectivity index (χ3n) is 14.0. The normalized spacial score (nSPS) is 13.6. The second-order valence-electron chi connectivity index (χ2n) is 17.2. The maximum atomic E-state index is 6.79. The molecule has 10 aromatic carbocycles. The van der Waals surface area contributed by atoms with Crippen molar-refractivity contribution in [1.29, 1.82) is 0 Å². The summed E-state index contributed by atoms with van der Waals surface area (Å²) < 4.78 is 9.21. The Kier molecular flexibility index (Phi) is 7.10. The molecule has 11 aromatic rings. The summed E-state index contributed by atoms with van der Waals surface area (Å²) in [5.41, 5.74) is 18.8. The highest BCUT2D eigenvalue weighted by Gasteiger charge is 2.49. The molecule has 3 heteroatoms. The van der Waals surface area contributed by atoms with Crippen molar-refractivity contribution < 1.29 is 4.74 Å². The lowest BCUT2D eigenvalue weighted by Gasteiger charge is -2.45. The van der Waals surface area contributed by atoms with Gasteiger partial charge in [0.15, 0.2) is 0 Å². The first-order valence-electron chi connectivity index (χ1n) is 21.9. The third kappa shape index (κ3) is 4.74. The molecule has 0 saturated carbocycles. The molecule has 0 unspecified atom stereocenters. The minimum Gasteiger partial charge on any atom is -0.457 e. The standard InChI is InChI=1S/C60H38N2O/c1-2-17-41(18-3-1)62-55-25-9-6-20-47(55)48-33-31-44(37-56(48)62)61(42-29-28-40-34-39-14-4-5-19-45(39)50(40)35-42)43-30-32-46-49-21-12-15-38-16-13-24-53(59(38)49)60(54(46)36-43)51-22-7-10-26-57(51)63-58-27-11-8-23-52(58)60/h1-33,35-37H,34H2. The maximum absolute atomic E-state index is 6.79. The van der Waals surface area contributed by atoms with Gasteiger partial charge in [0.05, 0.1) is 16.4 Å². The number of ether oxygens (including phenoxy) is 1. The highest BCUT2D eigenvalue weighted by molar-refractivity contribution is 6.11. The molecule has 3 aliphatic rings. The van der Waals surface area contributed by atoms with E-state index in [4.69, 9.17) is 4.74 Å². The lowest BCUT2D eigenvalue weighted by molar-refractivity contribution is 0.435. The van der Waals surface area contributed by atoms with Crippen molar-refractivity contribution in [3.05, 3.63) is 252 Å². The number of aromatic nitrogens is 1. The number of rotatable bonds is 4. The largest absolute Gasteiger partial charge is 0.457 e. The van der Waals surface area contributed by atoms with Gasteiger partial charge in [-0.3, -0.25) is 0 Å². The van der Waals surface area contributed by atoms with Crippen LogP contribution in [0.2, 0.25) is 0 Å². The van der Waals surface area contributed by atoms with Gasteiger partial charge in [0.25, 0.3) is 0 Å². The van der Waals surface area contributed by atoms with Gasteiger partial charge in [-0.1, -0.05) is 152 Å². The Bertz CT molecular complexity index is 3660. The van der Waals surface area contributed by atoms with Gasteiger partial charge < -0.3 is 14.2 Å². The molecule has 0 atom stereocenters. The van der Waals surface area contributed by atoms with E-state index in [0.717, 1.165) is 51.8 Å². The summed E-state index contributed by atoms with van der Waals surface area (Å²) in [7, 11) is 0. The first-order chi connectivity index (χ1) is 31.2. The first-order valence-corrected chi connectivity index (χ1v) is 21.9. The van der Waals surface area contributed by atoms with E-state index >= 15 is 0 Å². The summed E-state index contributed by atoms with van der Waals surface area (Å²) in [6.45, 7) is 0. The van der Waals surface area contributed by atoms with Crippen molar-refractivity contribution in [1.82, 2.24) is 4.57 Å². The van der Waals surface area contributed by atoms with Crippen LogP contribution in [0, 0.1) is 0 Å². The smallest absolute Gasteiger partial charge is 0.132 e. The Morgan fingerprint density at radius 3 is 1.87 bits per heavy atom. The van der Waals surface area contributed by atoms with Gasteiger partial charge in [-0.15, -0.1) is 0 Å². The molecule has 0 radical (unpaired) electrons. The molecule has 1 aliphatic heterocycles. The zero-order valence-corrected chi connectivity index (χ0v) is 34.3. The molecule has 1 aromatic heterocycles. The minimum absolute atomic E-state index is 0.656. The fraction of sp³-hybridized carbons (Fsp3) is 0.0333. The van der Waals surface area contributed by atoms with Crippen LogP contribution in [0.3, 0.4) is 0 Å². The molecule has 2 heterocycles. The molecule has 294 valence electrons. The Balaban J connectivity index is 1.08. The summed E-state index contributed by atoms with van der Waals surface area (Å²) in [4.78, 5) is 2.49. The maximum Gasteiger partial charge on any atom is 0.132 e. The molecule has 3 nitrogen and oxygen atoms in total. The van der Waals surface area contributed by atoms with Crippen molar-refractivity contribution in [2.24, 2.45) is 0 Å². The number of fused-ring (bicyclic) bond motifs is 14. The lowest BCUT2D eigenvalue weighted by Crippen LogP contribution is -2.36. The van der Waals surface area contributed by atoms with E-state index in [-0.39, 0.29) is 0 Å². The fourth-order valence-corrected chi connectivity index (χ4v) is 11.5. The van der Waals surface area contributed by atoms with Crippen LogP contribution in [0.5, 0.6) is 11.5 Å². The van der Waals surface area contributed by atoms with Gasteiger partial charge in [0, 0.05) is 44.6 Å². The van der Waals surface area contributed by atoms with Crippen LogP contribution in [-0.4, -0.2) is 4.57 Å². The van der Waals surface area contributed by atoms with Gasteiger partial charge in [-0.2, -0.15) is 0 Å². The SMILES string of the molecule is c1ccc(-n2c3ccccc3c3ccc(N(c4ccc5c(c4)-c4ccccc4C5)c4ccc5c(c4)C4(c6ccccc6Oc6ccccc64)c4cccc6cccc-5c46)cc32)cc1. The summed E-state index contributed by atoms with van der Waals surface area (Å²) in [6.07, 6.45) is 0.947. The molecule has 0 bridgehead atoms. The van der Waals surface area contributed by atoms with Crippen molar-refractivity contribution in [3.8, 4) is 39.4 Å². The second-order valence-corrected chi connectivity index (χ2v) is 17.2. The van der Waals surface area contributed by atoms with Gasteiger partial charge in [-0.25, -0.2) is 0 Å². The fourth-order valence-electron chi connectivity index (χ4n) is 11.5. The van der Waals surface area contributed by atoms with Crippen LogP contribution >= 0.6 is 0 Å². The van der Waals surface area contributed by atoms with Crippen LogP contribution in [0.4, 0.5) is 17.1 Å². The molecular weight excluding hydrogens is 765 g/mol. The lowest BCUT2D eigenvalue weighted by atomic mass is 9.58. The number of para-hydroxylation sites is 4. The number of anilines is 3. The summed E-state index contributed by atoms with van der Waals surface area (Å²) >= 11 is 0. The quantitative estimate of drug-likeness (QED) is 0.176. The van der Waals surface area contributed by atoms with E-state index in [1.165, 1.54) is 77.1 Å². The Hall–Kier alpha value is -8.14. The van der Waals surface area contributed by atoms with E-state index in [9.17, 15) is 0 Å². The Morgan fingerprint density at radius 1 is 0.397 bits per heavy atom. The van der Waals surface area contributed by atoms with Crippen molar-refractivity contribution in [2.45, 2.75) is 11.8 Å². The summed E-state index contributed by atoms with van der Waals surface area (Å²) in [5, 5.41) is 5.00. The molecule has 0 N–H and O–H groups in total. The number of hydrogen-bond donors (Lipinski definition) is 0. The van der Waals surface area contributed by atoms with Gasteiger partial charge >= 0.3 is 0 Å². The Labute approximate surface area is 365 Å². The van der Waals surface area contributed by atoms with Crippen molar-refractivity contribution in [2.75, 3.05) is 4.90 Å². The molecule has 14 rings (SSSR count). The Morgan fingerprint density at radius 2 is 1.02 bits per heavy atom. The monoisotopic (exact) mass is 802 g/mol. The summed E-state index contributed by atoms with van der Waals surface area (Å²) in [5.74, 6) is 1.77. The third-order valence-corrected chi connectivity index (χ3v) is 14.0. The second kappa shape index (κ2) is 12.9. The highest BCUT2D eigenvalue weighted by Crippen LogP contribution is 2.62. The minimum atomic E-state index is -0.656. The van der Waals surface area contributed by atoms with Crippen LogP contribution in [0.25, 0.3) is 60.5 Å². The number of benzene rings is 10. The molecule has 0 amide bonds. The van der Waals surface area contributed by atoms with Crippen LogP contribution < -0.4 is 9.64 Å². The molecular formula is C60H38N2O. The van der Waals surface area contributed by atoms with E-state index in [1.54, 1.807) is 0 Å². The van der Waals surface area contributed by atoms with Gasteiger partial charge in [0.1, 0.15) is 11.5 Å². The van der Waals surface area contributed by atoms with Crippen molar-refractivity contribution >= 4 is 49.6 Å². The number of hydrogen-bond acceptors (Lipinski definition) is 2. The molecule has 2 aliphatic carbocycles. The number of nitrogens with zero attached hydrogens (tertiary/aromatic N) is 2. The van der Waals surface area contributed by atoms with Crippen molar-refractivity contribution in [3.63, 3.8) is 0 Å². The molecule has 63 heavy (non-hydrogen) atoms. The van der Waals surface area contributed by atoms with Crippen LogP contribution in [0.15, 0.2) is 218 Å². The van der Waals surface area contributed by atoms with Crippen LogP contribution in [0.1, 0.15) is 33.4 Å². The van der Waals surface area contributed by atoms with Gasteiger partial charge in [-0.05, 0) is 128 Å². The van der Waals surface area contributed by atoms with E-state index in [1.807, 2.05) is 0 Å². The topological polar surface area (TPSA) is 17.4 Å². The van der Waals surface area contributed by atoms with E-state index in [2.05, 4.69) is 228 Å². The molecule has 0 saturated heterocycles. The molecule has 0 fully saturated rings. The summed E-state index contributed by atoms with van der Waals surface area (Å²) in [6, 6.07) is 80.7. The van der Waals surface area contributed by atoms with E-state index < -0.39 is 5.41 Å². The highest BCUT2D eigenvalue weighted by atomic mass is 16.5. The average Bonchev–Trinajstić information content (AvgIpc) is 3.88. The predicted molar refractivity (Wildman–Crippen MR) is 259 cm³/mol. The molecule has 1 spiro atoms. The predicted octanol–water partition coefficient (Wildman–Crippen LogP) is 15.4. The zero-order chi connectivity index (χ0) is 41.2. The van der Waals surface area contributed by atoms with Crippen LogP contribution in [-0.2, 0) is 11.8 Å². The zero-order valence-electron chi connectivity index (χ0n) is 34.3.